The van der Waals surface area contributed by atoms with Crippen LogP contribution in [0.25, 0.3) is 6.08 Å². The van der Waals surface area contributed by atoms with Crippen LogP contribution < -0.4 is 10.1 Å². The molecular formula is C18H15ClFNO2. The maximum Gasteiger partial charge on any atom is 0.244 e. The lowest BCUT2D eigenvalue weighted by Crippen LogP contribution is -2.30. The number of carbonyl (C=O) groups excluding carboxylic acids is 1. The summed E-state index contributed by atoms with van der Waals surface area (Å²) in [5, 5.41) is 2.99. The van der Waals surface area contributed by atoms with Gasteiger partial charge in [-0.25, -0.2) is 4.39 Å². The van der Waals surface area contributed by atoms with Gasteiger partial charge in [-0.15, -0.1) is 0 Å². The topological polar surface area (TPSA) is 38.3 Å². The molecule has 0 radical (unpaired) electrons. The number of nitrogens with one attached hydrogen (secondary N) is 1. The zero-order valence-corrected chi connectivity index (χ0v) is 13.0. The van der Waals surface area contributed by atoms with Gasteiger partial charge in [-0.05, 0) is 29.8 Å². The van der Waals surface area contributed by atoms with Crippen molar-refractivity contribution in [3.05, 3.63) is 70.5 Å². The van der Waals surface area contributed by atoms with E-state index < -0.39 is 5.82 Å². The predicted octanol–water partition coefficient (Wildman–Crippen LogP) is 4.13. The summed E-state index contributed by atoms with van der Waals surface area (Å²) in [6.07, 6.45) is 3.74. The van der Waals surface area contributed by atoms with Crippen molar-refractivity contribution in [2.24, 2.45) is 0 Å². The van der Waals surface area contributed by atoms with Gasteiger partial charge in [0.1, 0.15) is 11.6 Å². The summed E-state index contributed by atoms with van der Waals surface area (Å²) in [7, 11) is 0. The summed E-state index contributed by atoms with van der Waals surface area (Å²) in [4.78, 5) is 12.1. The SMILES string of the molecule is O=C(/C=C/c1ccc(F)c(Cl)c1)N[C@H]1CCOc2ccccc21. The number of para-hydroxylation sites is 1. The fourth-order valence-electron chi connectivity index (χ4n) is 2.50. The van der Waals surface area contributed by atoms with Crippen LogP contribution in [0.3, 0.4) is 0 Å². The number of carbonyl (C=O) groups is 1. The monoisotopic (exact) mass is 331 g/mol. The third kappa shape index (κ3) is 3.71. The first kappa shape index (κ1) is 15.6. The van der Waals surface area contributed by atoms with Crippen LogP contribution >= 0.6 is 11.6 Å². The maximum absolute atomic E-state index is 13.1. The van der Waals surface area contributed by atoms with Gasteiger partial charge in [0.25, 0.3) is 0 Å². The van der Waals surface area contributed by atoms with Crippen molar-refractivity contribution in [2.45, 2.75) is 12.5 Å². The first-order chi connectivity index (χ1) is 11.1. The number of ether oxygens (including phenoxy) is 1. The van der Waals surface area contributed by atoms with Gasteiger partial charge >= 0.3 is 0 Å². The Labute approximate surface area is 138 Å². The largest absolute Gasteiger partial charge is 0.493 e. The van der Waals surface area contributed by atoms with E-state index in [4.69, 9.17) is 16.3 Å². The van der Waals surface area contributed by atoms with E-state index in [-0.39, 0.29) is 17.0 Å². The molecule has 1 atom stereocenters. The van der Waals surface area contributed by atoms with Crippen LogP contribution in [-0.2, 0) is 4.79 Å². The Morgan fingerprint density at radius 3 is 2.96 bits per heavy atom. The number of hydrogen-bond acceptors (Lipinski definition) is 2. The predicted molar refractivity (Wildman–Crippen MR) is 87.9 cm³/mol. The van der Waals surface area contributed by atoms with Gasteiger partial charge in [0.2, 0.25) is 5.91 Å². The number of fused-ring (bicyclic) bond motifs is 1. The minimum Gasteiger partial charge on any atom is -0.493 e. The van der Waals surface area contributed by atoms with Crippen LogP contribution in [0.5, 0.6) is 5.75 Å². The van der Waals surface area contributed by atoms with Gasteiger partial charge in [0.05, 0.1) is 17.7 Å². The molecule has 3 nitrogen and oxygen atoms in total. The van der Waals surface area contributed by atoms with Crippen LogP contribution in [0.15, 0.2) is 48.5 Å². The molecule has 0 bridgehead atoms. The second kappa shape index (κ2) is 6.84. The Balaban J connectivity index is 1.68. The molecule has 23 heavy (non-hydrogen) atoms. The average molecular weight is 332 g/mol. The number of halogens is 2. The van der Waals surface area contributed by atoms with E-state index in [0.29, 0.717) is 12.2 Å². The first-order valence-electron chi connectivity index (χ1n) is 7.29. The van der Waals surface area contributed by atoms with E-state index in [1.165, 1.54) is 18.2 Å². The lowest BCUT2D eigenvalue weighted by atomic mass is 10.0. The Morgan fingerprint density at radius 1 is 1.30 bits per heavy atom. The third-order valence-corrected chi connectivity index (χ3v) is 3.94. The Morgan fingerprint density at radius 2 is 2.13 bits per heavy atom. The number of benzene rings is 2. The van der Waals surface area contributed by atoms with Crippen molar-refractivity contribution >= 4 is 23.6 Å². The highest BCUT2D eigenvalue weighted by Gasteiger charge is 2.21. The van der Waals surface area contributed by atoms with Gasteiger partial charge < -0.3 is 10.1 Å². The molecule has 1 aliphatic heterocycles. The number of hydrogen-bond donors (Lipinski definition) is 1. The van der Waals surface area contributed by atoms with Crippen LogP contribution in [0, 0.1) is 5.82 Å². The van der Waals surface area contributed by atoms with Crippen LogP contribution in [0.4, 0.5) is 4.39 Å². The quantitative estimate of drug-likeness (QED) is 0.859. The van der Waals surface area contributed by atoms with Gasteiger partial charge in [-0.1, -0.05) is 35.9 Å². The van der Waals surface area contributed by atoms with Crippen molar-refractivity contribution in [2.75, 3.05) is 6.61 Å². The molecule has 0 fully saturated rings. The van der Waals surface area contributed by atoms with Crippen molar-refractivity contribution < 1.29 is 13.9 Å². The number of rotatable bonds is 3. The summed E-state index contributed by atoms with van der Waals surface area (Å²) in [5.74, 6) is 0.109. The molecule has 0 aromatic heterocycles. The molecule has 3 rings (SSSR count). The van der Waals surface area contributed by atoms with Gasteiger partial charge in [-0.2, -0.15) is 0 Å². The summed E-state index contributed by atoms with van der Waals surface area (Å²) >= 11 is 5.72. The highest BCUT2D eigenvalue weighted by molar-refractivity contribution is 6.30. The smallest absolute Gasteiger partial charge is 0.244 e. The standard InChI is InChI=1S/C18H15ClFNO2/c19-14-11-12(5-7-15(14)20)6-8-18(22)21-16-9-10-23-17-4-2-1-3-13(16)17/h1-8,11,16H,9-10H2,(H,21,22)/b8-6+/t16-/m0/s1. The third-order valence-electron chi connectivity index (χ3n) is 3.65. The normalized spacial score (nSPS) is 16.7. The lowest BCUT2D eigenvalue weighted by Gasteiger charge is -2.26. The van der Waals surface area contributed by atoms with Gasteiger partial charge in [-0.3, -0.25) is 4.79 Å². The second-order valence-corrected chi connectivity index (χ2v) is 5.65. The second-order valence-electron chi connectivity index (χ2n) is 5.24. The Hall–Kier alpha value is -2.33. The van der Waals surface area contributed by atoms with Crippen molar-refractivity contribution in [3.8, 4) is 5.75 Å². The summed E-state index contributed by atoms with van der Waals surface area (Å²) in [6.45, 7) is 0.569. The fraction of sp³-hybridized carbons (Fsp3) is 0.167. The molecule has 1 heterocycles. The molecule has 1 amide bonds. The fourth-order valence-corrected chi connectivity index (χ4v) is 2.69. The van der Waals surface area contributed by atoms with Crippen molar-refractivity contribution in [3.63, 3.8) is 0 Å². The number of amides is 1. The minimum absolute atomic E-state index is 0.0333. The van der Waals surface area contributed by atoms with Crippen molar-refractivity contribution in [1.82, 2.24) is 5.32 Å². The molecule has 5 heteroatoms. The van der Waals surface area contributed by atoms with E-state index in [0.717, 1.165) is 17.7 Å². The van der Waals surface area contributed by atoms with Gasteiger partial charge in [0.15, 0.2) is 0 Å². The molecule has 1 N–H and O–H groups in total. The van der Waals surface area contributed by atoms with Gasteiger partial charge in [0, 0.05) is 18.1 Å². The average Bonchev–Trinajstić information content (AvgIpc) is 2.56. The molecule has 2 aromatic carbocycles. The summed E-state index contributed by atoms with van der Waals surface area (Å²) < 4.78 is 18.7. The Kier molecular flexibility index (Phi) is 4.63. The van der Waals surface area contributed by atoms with E-state index in [9.17, 15) is 9.18 Å². The van der Waals surface area contributed by atoms with Crippen LogP contribution in [0.1, 0.15) is 23.6 Å². The van der Waals surface area contributed by atoms with E-state index in [2.05, 4.69) is 5.32 Å². The molecule has 1 aliphatic rings. The lowest BCUT2D eigenvalue weighted by molar-refractivity contribution is -0.117. The molecule has 0 saturated carbocycles. The molecular weight excluding hydrogens is 317 g/mol. The van der Waals surface area contributed by atoms with Crippen LogP contribution in [0.2, 0.25) is 5.02 Å². The van der Waals surface area contributed by atoms with E-state index in [1.807, 2.05) is 24.3 Å². The summed E-state index contributed by atoms with van der Waals surface area (Å²) in [6, 6.07) is 11.9. The Bertz CT molecular complexity index is 760. The molecule has 0 spiro atoms. The molecule has 0 saturated heterocycles. The van der Waals surface area contributed by atoms with Crippen LogP contribution in [-0.4, -0.2) is 12.5 Å². The zero-order valence-electron chi connectivity index (χ0n) is 12.3. The first-order valence-corrected chi connectivity index (χ1v) is 7.66. The zero-order chi connectivity index (χ0) is 16.2. The highest BCUT2D eigenvalue weighted by atomic mass is 35.5. The maximum atomic E-state index is 13.1. The minimum atomic E-state index is -0.480. The molecule has 118 valence electrons. The molecule has 0 aliphatic carbocycles. The van der Waals surface area contributed by atoms with E-state index >= 15 is 0 Å². The highest BCUT2D eigenvalue weighted by Crippen LogP contribution is 2.31. The molecule has 0 unspecified atom stereocenters. The summed E-state index contributed by atoms with van der Waals surface area (Å²) in [5.41, 5.74) is 1.64. The molecule has 2 aromatic rings. The van der Waals surface area contributed by atoms with E-state index in [1.54, 1.807) is 12.1 Å². The van der Waals surface area contributed by atoms with Crippen molar-refractivity contribution in [1.29, 1.82) is 0 Å².